The molecule has 1 fully saturated rings. The number of nitriles is 1. The quantitative estimate of drug-likeness (QED) is 0.923. The van der Waals surface area contributed by atoms with Gasteiger partial charge in [-0.25, -0.2) is 8.78 Å². The van der Waals surface area contributed by atoms with E-state index in [0.29, 0.717) is 0 Å². The number of nitrogens with one attached hydrogen (secondary N) is 1. The average Bonchev–Trinajstić information content (AvgIpc) is 2.50. The van der Waals surface area contributed by atoms with E-state index in [2.05, 4.69) is 5.32 Å². The Hall–Kier alpha value is -2.00. The first-order valence-corrected chi connectivity index (χ1v) is 6.98. The van der Waals surface area contributed by atoms with E-state index in [1.807, 2.05) is 0 Å². The van der Waals surface area contributed by atoms with E-state index >= 15 is 0 Å². The van der Waals surface area contributed by atoms with Crippen molar-refractivity contribution in [2.75, 3.05) is 19.6 Å². The summed E-state index contributed by atoms with van der Waals surface area (Å²) < 4.78 is 27.3. The van der Waals surface area contributed by atoms with Crippen LogP contribution >= 0.6 is 0 Å². The predicted molar refractivity (Wildman–Crippen MR) is 73.2 cm³/mol. The molecule has 1 aliphatic heterocycles. The molecule has 0 saturated carbocycles. The molecule has 0 spiro atoms. The summed E-state index contributed by atoms with van der Waals surface area (Å²) in [7, 11) is 0. The Bertz CT molecular complexity index is 540. The number of amides is 1. The number of hydrogen-bond acceptors (Lipinski definition) is 3. The third kappa shape index (κ3) is 3.99. The van der Waals surface area contributed by atoms with Crippen LogP contribution in [0.25, 0.3) is 0 Å². The van der Waals surface area contributed by atoms with Crippen molar-refractivity contribution in [3.63, 3.8) is 0 Å². The van der Waals surface area contributed by atoms with Gasteiger partial charge in [-0.1, -0.05) is 0 Å². The number of carbonyl (C=O) groups is 1. The number of rotatable bonds is 4. The average molecular weight is 293 g/mol. The Morgan fingerprint density at radius 2 is 1.86 bits per heavy atom. The highest BCUT2D eigenvalue weighted by molar-refractivity contribution is 5.78. The molecule has 0 aromatic heterocycles. The lowest BCUT2D eigenvalue weighted by Gasteiger charge is -2.26. The summed E-state index contributed by atoms with van der Waals surface area (Å²) in [6, 6.07) is 3.68. The lowest BCUT2D eigenvalue weighted by molar-refractivity contribution is -0.131. The Labute approximate surface area is 122 Å². The van der Waals surface area contributed by atoms with E-state index in [0.717, 1.165) is 44.5 Å². The predicted octanol–water partition coefficient (Wildman–Crippen LogP) is 1.94. The molecule has 1 amide bonds. The summed E-state index contributed by atoms with van der Waals surface area (Å²) >= 11 is 0. The van der Waals surface area contributed by atoms with Gasteiger partial charge in [0.05, 0.1) is 18.2 Å². The van der Waals surface area contributed by atoms with Crippen LogP contribution in [0.5, 0.6) is 0 Å². The van der Waals surface area contributed by atoms with Crippen molar-refractivity contribution in [3.05, 3.63) is 34.9 Å². The van der Waals surface area contributed by atoms with Gasteiger partial charge in [-0.2, -0.15) is 5.26 Å². The Morgan fingerprint density at radius 3 is 2.43 bits per heavy atom. The van der Waals surface area contributed by atoms with Crippen LogP contribution in [-0.4, -0.2) is 30.4 Å². The summed E-state index contributed by atoms with van der Waals surface area (Å²) in [6.07, 6.45) is 3.15. The Balaban J connectivity index is 1.89. The van der Waals surface area contributed by atoms with E-state index < -0.39 is 11.6 Å². The Kier molecular flexibility index (Phi) is 5.23. The molecule has 0 atom stereocenters. The highest BCUT2D eigenvalue weighted by atomic mass is 19.1. The summed E-state index contributed by atoms with van der Waals surface area (Å²) in [6.45, 7) is 1.47. The van der Waals surface area contributed by atoms with E-state index in [9.17, 15) is 13.6 Å². The van der Waals surface area contributed by atoms with Crippen molar-refractivity contribution in [1.82, 2.24) is 10.2 Å². The zero-order valence-corrected chi connectivity index (χ0v) is 11.7. The summed E-state index contributed by atoms with van der Waals surface area (Å²) in [5.41, 5.74) is -0.210. The molecule has 4 nitrogen and oxygen atoms in total. The maximum atomic E-state index is 13.7. The van der Waals surface area contributed by atoms with Gasteiger partial charge in [-0.15, -0.1) is 0 Å². The van der Waals surface area contributed by atoms with Gasteiger partial charge >= 0.3 is 0 Å². The molecule has 6 heteroatoms. The van der Waals surface area contributed by atoms with Crippen molar-refractivity contribution in [1.29, 1.82) is 5.26 Å². The highest BCUT2D eigenvalue weighted by Crippen LogP contribution is 2.15. The second-order valence-electron chi connectivity index (χ2n) is 5.08. The number of likely N-dealkylation sites (tertiary alicyclic amines) is 1. The van der Waals surface area contributed by atoms with Gasteiger partial charge in [-0.05, 0) is 31.4 Å². The maximum absolute atomic E-state index is 13.7. The minimum Gasteiger partial charge on any atom is -0.342 e. The number of hydrogen-bond donors (Lipinski definition) is 1. The zero-order valence-electron chi connectivity index (χ0n) is 11.7. The summed E-state index contributed by atoms with van der Waals surface area (Å²) in [4.78, 5) is 13.7. The molecular formula is C15H17F2N3O. The minimum atomic E-state index is -0.774. The number of benzene rings is 1. The Morgan fingerprint density at radius 1 is 1.24 bits per heavy atom. The maximum Gasteiger partial charge on any atom is 0.236 e. The van der Waals surface area contributed by atoms with Crippen LogP contribution in [0.3, 0.4) is 0 Å². The van der Waals surface area contributed by atoms with Crippen LogP contribution in [0.2, 0.25) is 0 Å². The largest absolute Gasteiger partial charge is 0.342 e. The van der Waals surface area contributed by atoms with Gasteiger partial charge in [0.15, 0.2) is 0 Å². The van der Waals surface area contributed by atoms with Crippen LogP contribution in [0.1, 0.15) is 30.4 Å². The SMILES string of the molecule is N#Cc1cc(F)c(CNCC(=O)N2CCCCC2)c(F)c1. The van der Waals surface area contributed by atoms with E-state index in [1.165, 1.54) is 0 Å². The molecule has 1 aromatic carbocycles. The lowest BCUT2D eigenvalue weighted by atomic mass is 10.1. The lowest BCUT2D eigenvalue weighted by Crippen LogP contribution is -2.41. The molecule has 1 heterocycles. The molecule has 21 heavy (non-hydrogen) atoms. The topological polar surface area (TPSA) is 56.1 Å². The van der Waals surface area contributed by atoms with Crippen molar-refractivity contribution >= 4 is 5.91 Å². The zero-order chi connectivity index (χ0) is 15.2. The number of piperidine rings is 1. The van der Waals surface area contributed by atoms with Gasteiger partial charge in [0.25, 0.3) is 0 Å². The summed E-state index contributed by atoms with van der Waals surface area (Å²) in [5.74, 6) is -1.60. The normalized spacial score (nSPS) is 14.8. The van der Waals surface area contributed by atoms with E-state index in [1.54, 1.807) is 11.0 Å². The van der Waals surface area contributed by atoms with Gasteiger partial charge in [0.2, 0.25) is 5.91 Å². The van der Waals surface area contributed by atoms with Crippen LogP contribution in [0, 0.1) is 23.0 Å². The number of carbonyl (C=O) groups excluding carboxylic acids is 1. The van der Waals surface area contributed by atoms with Crippen LogP contribution in [0.15, 0.2) is 12.1 Å². The first-order valence-electron chi connectivity index (χ1n) is 6.98. The van der Waals surface area contributed by atoms with Crippen LogP contribution < -0.4 is 5.32 Å². The highest BCUT2D eigenvalue weighted by Gasteiger charge is 2.16. The van der Waals surface area contributed by atoms with Gasteiger partial charge in [-0.3, -0.25) is 4.79 Å². The van der Waals surface area contributed by atoms with E-state index in [-0.39, 0.29) is 30.1 Å². The number of halogens is 2. The fraction of sp³-hybridized carbons (Fsp3) is 0.467. The third-order valence-electron chi connectivity index (χ3n) is 3.56. The molecule has 1 N–H and O–H groups in total. The molecule has 2 rings (SSSR count). The van der Waals surface area contributed by atoms with Crippen molar-refractivity contribution in [3.8, 4) is 6.07 Å². The fourth-order valence-electron chi connectivity index (χ4n) is 2.39. The van der Waals surface area contributed by atoms with Crippen molar-refractivity contribution in [2.24, 2.45) is 0 Å². The molecule has 0 bridgehead atoms. The molecule has 112 valence electrons. The van der Waals surface area contributed by atoms with Crippen LogP contribution in [-0.2, 0) is 11.3 Å². The smallest absolute Gasteiger partial charge is 0.236 e. The summed E-state index contributed by atoms with van der Waals surface area (Å²) in [5, 5.41) is 11.4. The van der Waals surface area contributed by atoms with Crippen molar-refractivity contribution < 1.29 is 13.6 Å². The monoisotopic (exact) mass is 293 g/mol. The van der Waals surface area contributed by atoms with Gasteiger partial charge in [0, 0.05) is 25.2 Å². The first kappa shape index (κ1) is 15.4. The van der Waals surface area contributed by atoms with Gasteiger partial charge in [0.1, 0.15) is 11.6 Å². The van der Waals surface area contributed by atoms with Crippen LogP contribution in [0.4, 0.5) is 8.78 Å². The minimum absolute atomic E-state index is 0.0517. The first-order chi connectivity index (χ1) is 10.1. The molecule has 0 aliphatic carbocycles. The molecule has 0 unspecified atom stereocenters. The fourth-order valence-corrected chi connectivity index (χ4v) is 2.39. The number of nitrogens with zero attached hydrogens (tertiary/aromatic N) is 2. The molecule has 1 saturated heterocycles. The molecule has 1 aliphatic rings. The molecule has 0 radical (unpaired) electrons. The standard InChI is InChI=1S/C15H17F2N3O/c16-13-6-11(8-18)7-14(17)12(13)9-19-10-15(21)20-4-2-1-3-5-20/h6-7,19H,1-5,9-10H2. The molecular weight excluding hydrogens is 276 g/mol. The van der Waals surface area contributed by atoms with Crippen molar-refractivity contribution in [2.45, 2.75) is 25.8 Å². The van der Waals surface area contributed by atoms with Gasteiger partial charge < -0.3 is 10.2 Å². The third-order valence-corrected chi connectivity index (χ3v) is 3.56. The second kappa shape index (κ2) is 7.14. The van der Waals surface area contributed by atoms with E-state index in [4.69, 9.17) is 5.26 Å². The molecule has 1 aromatic rings. The second-order valence-corrected chi connectivity index (χ2v) is 5.08.